The summed E-state index contributed by atoms with van der Waals surface area (Å²) >= 11 is 6.38. The molecule has 2 heterocycles. The molecular weight excluding hydrogens is 366 g/mol. The first kappa shape index (κ1) is 17.2. The number of carbonyl (C=O) groups is 2. The highest BCUT2D eigenvalue weighted by atomic mass is 35.5. The van der Waals surface area contributed by atoms with Crippen LogP contribution in [0.15, 0.2) is 29.4 Å². The van der Waals surface area contributed by atoms with E-state index in [9.17, 15) is 9.59 Å². The number of hydrogen-bond acceptors (Lipinski definition) is 5. The van der Waals surface area contributed by atoms with Gasteiger partial charge >= 0.3 is 0 Å². The fourth-order valence-corrected chi connectivity index (χ4v) is 5.83. The van der Waals surface area contributed by atoms with Crippen LogP contribution in [0.3, 0.4) is 0 Å². The maximum atomic E-state index is 13.1. The Morgan fingerprint density at radius 1 is 1.15 bits per heavy atom. The van der Waals surface area contributed by atoms with E-state index in [1.807, 2.05) is 43.3 Å². The number of oxime groups is 1. The van der Waals surface area contributed by atoms with Crippen molar-refractivity contribution in [2.45, 2.75) is 12.5 Å². The number of rotatable bonds is 4. The number of carbonyl (C=O) groups excluding carboxylic acids is 2. The number of nitrogens with zero attached hydrogens (tertiary/aromatic N) is 3. The van der Waals surface area contributed by atoms with Crippen LogP contribution < -0.4 is 0 Å². The van der Waals surface area contributed by atoms with Gasteiger partial charge in [-0.05, 0) is 32.5 Å². The molecule has 2 aliphatic carbocycles. The van der Waals surface area contributed by atoms with Crippen molar-refractivity contribution in [1.29, 1.82) is 0 Å². The maximum absolute atomic E-state index is 13.1. The molecule has 2 bridgehead atoms. The Morgan fingerprint density at radius 2 is 1.85 bits per heavy atom. The Morgan fingerprint density at radius 3 is 2.56 bits per heavy atom. The summed E-state index contributed by atoms with van der Waals surface area (Å²) in [5.41, 5.74) is 1.71. The molecule has 142 valence electrons. The maximum Gasteiger partial charge on any atom is 0.233 e. The van der Waals surface area contributed by atoms with Crippen molar-refractivity contribution in [3.63, 3.8) is 0 Å². The van der Waals surface area contributed by atoms with Gasteiger partial charge in [-0.1, -0.05) is 35.0 Å². The Bertz CT molecular complexity index is 855. The summed E-state index contributed by atoms with van der Waals surface area (Å²) in [7, 11) is 3.89. The topological polar surface area (TPSA) is 62.2 Å². The lowest BCUT2D eigenvalue weighted by Crippen LogP contribution is -2.41. The van der Waals surface area contributed by atoms with Gasteiger partial charge in [0.1, 0.15) is 6.10 Å². The zero-order valence-corrected chi connectivity index (χ0v) is 16.1. The number of fused-ring (bicyclic) bond motifs is 8. The highest BCUT2D eigenvalue weighted by Crippen LogP contribution is 2.61. The lowest BCUT2D eigenvalue weighted by Gasteiger charge is -2.30. The number of amides is 2. The van der Waals surface area contributed by atoms with E-state index < -0.39 is 0 Å². The lowest BCUT2D eigenvalue weighted by atomic mass is 9.71. The van der Waals surface area contributed by atoms with Gasteiger partial charge in [-0.3, -0.25) is 14.5 Å². The van der Waals surface area contributed by atoms with E-state index in [4.69, 9.17) is 16.4 Å². The predicted molar refractivity (Wildman–Crippen MR) is 100 cm³/mol. The van der Waals surface area contributed by atoms with E-state index in [-0.39, 0.29) is 47.5 Å². The highest BCUT2D eigenvalue weighted by Gasteiger charge is 2.70. The third-order valence-electron chi connectivity index (χ3n) is 6.70. The van der Waals surface area contributed by atoms with Crippen LogP contribution in [-0.4, -0.2) is 60.6 Å². The Kier molecular flexibility index (Phi) is 3.85. The number of likely N-dealkylation sites (tertiary alicyclic amines) is 1. The first-order valence-electron chi connectivity index (χ1n) is 9.47. The number of halogens is 1. The van der Waals surface area contributed by atoms with Crippen molar-refractivity contribution in [3.8, 4) is 0 Å². The van der Waals surface area contributed by atoms with Crippen molar-refractivity contribution < 1.29 is 14.4 Å². The molecule has 5 rings (SSSR count). The zero-order chi connectivity index (χ0) is 18.9. The molecule has 2 amide bonds. The number of benzene rings is 1. The third kappa shape index (κ3) is 2.32. The molecule has 3 fully saturated rings. The molecule has 6 nitrogen and oxygen atoms in total. The Hall–Kier alpha value is -1.92. The van der Waals surface area contributed by atoms with E-state index in [1.54, 1.807) is 0 Å². The molecule has 4 aliphatic rings. The van der Waals surface area contributed by atoms with Crippen molar-refractivity contribution >= 4 is 29.1 Å². The van der Waals surface area contributed by atoms with Crippen LogP contribution in [-0.2, 0) is 14.4 Å². The quantitative estimate of drug-likeness (QED) is 0.740. The normalized spacial score (nSPS) is 36.3. The number of imide groups is 1. The van der Waals surface area contributed by atoms with Crippen LogP contribution in [0.1, 0.15) is 12.0 Å². The third-order valence-corrected chi connectivity index (χ3v) is 7.03. The second-order valence-corrected chi connectivity index (χ2v) is 8.71. The molecule has 2 saturated carbocycles. The second kappa shape index (κ2) is 6.04. The van der Waals surface area contributed by atoms with E-state index >= 15 is 0 Å². The van der Waals surface area contributed by atoms with Gasteiger partial charge in [0.25, 0.3) is 0 Å². The minimum Gasteiger partial charge on any atom is -0.391 e. The standard InChI is InChI=1S/C20H22ClN3O3/c1-23(2)7-8-24-19(25)14-11-9-12(15(14)20(24)26)18-16(11)17(22-27-18)10-5-3-4-6-13(10)21/h3-6,11-12,14-16,18H,7-9H2,1-2H3. The summed E-state index contributed by atoms with van der Waals surface area (Å²) in [6.07, 6.45) is 0.737. The van der Waals surface area contributed by atoms with Gasteiger partial charge in [-0.2, -0.15) is 0 Å². The van der Waals surface area contributed by atoms with Gasteiger partial charge in [-0.15, -0.1) is 0 Å². The largest absolute Gasteiger partial charge is 0.391 e. The summed E-state index contributed by atoms with van der Waals surface area (Å²) in [5, 5.41) is 4.98. The average molecular weight is 388 g/mol. The fraction of sp³-hybridized carbons (Fsp3) is 0.550. The molecule has 1 saturated heterocycles. The molecule has 27 heavy (non-hydrogen) atoms. The van der Waals surface area contributed by atoms with E-state index in [2.05, 4.69) is 5.16 Å². The summed E-state index contributed by atoms with van der Waals surface area (Å²) in [5.74, 6) is -0.303. The minimum atomic E-state index is -0.244. The first-order valence-corrected chi connectivity index (χ1v) is 9.85. The molecule has 6 atom stereocenters. The van der Waals surface area contributed by atoms with E-state index in [0.29, 0.717) is 18.1 Å². The number of likely N-dealkylation sites (N-methyl/N-ethyl adjacent to an activating group) is 1. The SMILES string of the molecule is CN(C)CCN1C(=O)C2C3CC(C4C(c5ccccc5Cl)=NOC34)C2C1=O. The minimum absolute atomic E-state index is 0.0109. The van der Waals surface area contributed by atoms with Crippen molar-refractivity contribution in [3.05, 3.63) is 34.9 Å². The molecule has 0 aromatic heterocycles. The molecule has 0 spiro atoms. The Balaban J connectivity index is 1.44. The van der Waals surface area contributed by atoms with Gasteiger partial charge < -0.3 is 9.74 Å². The van der Waals surface area contributed by atoms with Crippen LogP contribution in [0.25, 0.3) is 0 Å². The van der Waals surface area contributed by atoms with Gasteiger partial charge in [0.05, 0.1) is 17.5 Å². The van der Waals surface area contributed by atoms with Gasteiger partial charge in [0, 0.05) is 35.5 Å². The van der Waals surface area contributed by atoms with Gasteiger partial charge in [0.2, 0.25) is 11.8 Å². The van der Waals surface area contributed by atoms with Gasteiger partial charge in [0.15, 0.2) is 0 Å². The van der Waals surface area contributed by atoms with E-state index in [1.165, 1.54) is 4.90 Å². The summed E-state index contributed by atoms with van der Waals surface area (Å²) in [6.45, 7) is 1.14. The monoisotopic (exact) mass is 387 g/mol. The smallest absolute Gasteiger partial charge is 0.233 e. The van der Waals surface area contributed by atoms with Crippen LogP contribution in [0.5, 0.6) is 0 Å². The van der Waals surface area contributed by atoms with Crippen molar-refractivity contribution in [2.24, 2.45) is 34.7 Å². The molecule has 7 heteroatoms. The van der Waals surface area contributed by atoms with Crippen molar-refractivity contribution in [1.82, 2.24) is 9.80 Å². The van der Waals surface area contributed by atoms with Crippen LogP contribution in [0.2, 0.25) is 5.02 Å². The molecule has 2 aliphatic heterocycles. The molecule has 0 radical (unpaired) electrons. The molecule has 0 N–H and O–H groups in total. The Labute approximate surface area is 163 Å². The zero-order valence-electron chi connectivity index (χ0n) is 15.3. The molecule has 6 unspecified atom stereocenters. The second-order valence-electron chi connectivity index (χ2n) is 8.30. The van der Waals surface area contributed by atoms with Crippen molar-refractivity contribution in [2.75, 3.05) is 27.2 Å². The van der Waals surface area contributed by atoms with Crippen LogP contribution in [0, 0.1) is 29.6 Å². The van der Waals surface area contributed by atoms with Gasteiger partial charge in [-0.25, -0.2) is 0 Å². The average Bonchev–Trinajstić information content (AvgIpc) is 3.35. The number of hydrogen-bond donors (Lipinski definition) is 0. The summed E-state index contributed by atoms with van der Waals surface area (Å²) in [4.78, 5) is 35.3. The first-order chi connectivity index (χ1) is 13.0. The molecule has 1 aromatic rings. The molecule has 1 aromatic carbocycles. The summed E-state index contributed by atoms with van der Waals surface area (Å²) in [6, 6.07) is 7.61. The molecular formula is C20H22ClN3O3. The lowest BCUT2D eigenvalue weighted by molar-refractivity contribution is -0.141. The summed E-state index contributed by atoms with van der Waals surface area (Å²) < 4.78 is 0. The van der Waals surface area contributed by atoms with Crippen LogP contribution in [0.4, 0.5) is 0 Å². The van der Waals surface area contributed by atoms with E-state index in [0.717, 1.165) is 17.7 Å². The fourth-order valence-electron chi connectivity index (χ4n) is 5.60. The predicted octanol–water partition coefficient (Wildman–Crippen LogP) is 1.87. The highest BCUT2D eigenvalue weighted by molar-refractivity contribution is 6.34. The van der Waals surface area contributed by atoms with Crippen LogP contribution >= 0.6 is 11.6 Å².